The number of aryl methyl sites for hydroxylation is 1. The van der Waals surface area contributed by atoms with Gasteiger partial charge in [-0.25, -0.2) is 4.98 Å². The van der Waals surface area contributed by atoms with Crippen LogP contribution in [0.5, 0.6) is 11.5 Å². The van der Waals surface area contributed by atoms with E-state index in [1.807, 2.05) is 25.1 Å². The maximum atomic E-state index is 13.3. The van der Waals surface area contributed by atoms with Crippen molar-refractivity contribution in [1.29, 1.82) is 0 Å². The number of aromatic nitrogens is 2. The molecule has 0 radical (unpaired) electrons. The van der Waals surface area contributed by atoms with E-state index in [4.69, 9.17) is 9.47 Å². The Bertz CT molecular complexity index is 1330. The second-order valence-corrected chi connectivity index (χ2v) is 8.44. The first-order valence-corrected chi connectivity index (χ1v) is 11.7. The summed E-state index contributed by atoms with van der Waals surface area (Å²) in [5.41, 5.74) is 1.16. The number of rotatable bonds is 7. The van der Waals surface area contributed by atoms with E-state index in [1.54, 1.807) is 29.6 Å². The summed E-state index contributed by atoms with van der Waals surface area (Å²) in [6.45, 7) is 6.83. The van der Waals surface area contributed by atoms with Crippen LogP contribution in [-0.2, 0) is 0 Å². The van der Waals surface area contributed by atoms with Crippen molar-refractivity contribution in [3.8, 4) is 11.5 Å². The van der Waals surface area contributed by atoms with Gasteiger partial charge in [0.25, 0.3) is 17.2 Å². The number of likely N-dealkylation sites (tertiary alicyclic amines) is 1. The number of nitrogens with zero attached hydrogens (tertiary/aromatic N) is 4. The van der Waals surface area contributed by atoms with E-state index in [-0.39, 0.29) is 28.6 Å². The van der Waals surface area contributed by atoms with Crippen molar-refractivity contribution in [3.05, 3.63) is 68.3 Å². The third-order valence-corrected chi connectivity index (χ3v) is 6.17. The van der Waals surface area contributed by atoms with Gasteiger partial charge in [-0.1, -0.05) is 11.6 Å². The van der Waals surface area contributed by atoms with Gasteiger partial charge in [-0.15, -0.1) is 0 Å². The molecule has 0 spiro atoms. The molecular formula is C25H28N4O6. The number of benzene rings is 2. The molecule has 0 saturated carbocycles. The van der Waals surface area contributed by atoms with Crippen LogP contribution >= 0.6 is 0 Å². The maximum absolute atomic E-state index is 13.3. The minimum atomic E-state index is -0.583. The number of hydrogen-bond donors (Lipinski definition) is 0. The highest BCUT2D eigenvalue weighted by Crippen LogP contribution is 2.36. The van der Waals surface area contributed by atoms with Crippen LogP contribution in [0.3, 0.4) is 0 Å². The smallest absolute Gasteiger partial charge is 0.286 e. The van der Waals surface area contributed by atoms with Crippen LogP contribution in [0.2, 0.25) is 0 Å². The number of carbonyl (C=O) groups is 1. The Morgan fingerprint density at radius 3 is 2.40 bits per heavy atom. The van der Waals surface area contributed by atoms with Crippen LogP contribution in [0, 0.1) is 17.0 Å². The van der Waals surface area contributed by atoms with Crippen molar-refractivity contribution in [2.45, 2.75) is 39.7 Å². The Morgan fingerprint density at radius 1 is 1.11 bits per heavy atom. The molecule has 1 amide bonds. The summed E-state index contributed by atoms with van der Waals surface area (Å²) < 4.78 is 12.7. The van der Waals surface area contributed by atoms with E-state index >= 15 is 0 Å². The van der Waals surface area contributed by atoms with Gasteiger partial charge < -0.3 is 14.4 Å². The van der Waals surface area contributed by atoms with E-state index in [9.17, 15) is 19.7 Å². The first-order valence-electron chi connectivity index (χ1n) is 11.7. The number of nitro benzene ring substituents is 1. The molecule has 35 heavy (non-hydrogen) atoms. The van der Waals surface area contributed by atoms with E-state index in [0.717, 1.165) is 5.56 Å². The van der Waals surface area contributed by atoms with E-state index in [0.29, 0.717) is 55.8 Å². The number of piperidine rings is 1. The van der Waals surface area contributed by atoms with Gasteiger partial charge in [0.2, 0.25) is 0 Å². The Hall–Kier alpha value is -3.95. The van der Waals surface area contributed by atoms with Gasteiger partial charge >= 0.3 is 0 Å². The highest BCUT2D eigenvalue weighted by Gasteiger charge is 2.31. The predicted molar refractivity (Wildman–Crippen MR) is 130 cm³/mol. The Morgan fingerprint density at radius 2 is 1.77 bits per heavy atom. The van der Waals surface area contributed by atoms with Crippen LogP contribution in [0.4, 0.5) is 5.69 Å². The third-order valence-electron chi connectivity index (χ3n) is 6.17. The van der Waals surface area contributed by atoms with Crippen molar-refractivity contribution in [1.82, 2.24) is 14.5 Å². The van der Waals surface area contributed by atoms with Crippen LogP contribution in [0.1, 0.15) is 48.7 Å². The lowest BCUT2D eigenvalue weighted by molar-refractivity contribution is -0.385. The van der Waals surface area contributed by atoms with E-state index in [2.05, 4.69) is 4.98 Å². The van der Waals surface area contributed by atoms with Crippen molar-refractivity contribution in [3.63, 3.8) is 0 Å². The largest absolute Gasteiger partial charge is 0.490 e. The number of ether oxygens (including phenoxy) is 2. The topological polar surface area (TPSA) is 117 Å². The molecule has 10 nitrogen and oxygen atoms in total. The summed E-state index contributed by atoms with van der Waals surface area (Å²) in [6.07, 6.45) is 2.63. The zero-order valence-corrected chi connectivity index (χ0v) is 20.0. The molecule has 1 aliphatic heterocycles. The molecule has 4 rings (SSSR count). The summed E-state index contributed by atoms with van der Waals surface area (Å²) in [5, 5.41) is 12.3. The average Bonchev–Trinajstić information content (AvgIpc) is 2.85. The number of hydrogen-bond acceptors (Lipinski definition) is 7. The quantitative estimate of drug-likeness (QED) is 0.372. The van der Waals surface area contributed by atoms with Crippen molar-refractivity contribution in [2.75, 3.05) is 26.3 Å². The molecular weight excluding hydrogens is 452 g/mol. The van der Waals surface area contributed by atoms with Crippen LogP contribution in [0.15, 0.2) is 41.5 Å². The zero-order chi connectivity index (χ0) is 25.1. The lowest BCUT2D eigenvalue weighted by atomic mass is 10.0. The highest BCUT2D eigenvalue weighted by molar-refractivity contribution is 5.99. The lowest BCUT2D eigenvalue weighted by Crippen LogP contribution is -2.41. The van der Waals surface area contributed by atoms with Crippen LogP contribution in [-0.4, -0.2) is 51.6 Å². The van der Waals surface area contributed by atoms with Gasteiger partial charge in [-0.2, -0.15) is 0 Å². The molecule has 184 valence electrons. The Balaban J connectivity index is 1.57. The van der Waals surface area contributed by atoms with Gasteiger partial charge in [-0.05, 0) is 45.7 Å². The predicted octanol–water partition coefficient (Wildman–Crippen LogP) is 3.89. The van der Waals surface area contributed by atoms with Crippen LogP contribution < -0.4 is 15.0 Å². The van der Waals surface area contributed by atoms with Gasteiger partial charge in [0.1, 0.15) is 5.56 Å². The summed E-state index contributed by atoms with van der Waals surface area (Å²) in [7, 11) is 0. The molecule has 1 fully saturated rings. The third kappa shape index (κ3) is 4.82. The second-order valence-electron chi connectivity index (χ2n) is 8.44. The van der Waals surface area contributed by atoms with Gasteiger partial charge in [0.15, 0.2) is 11.5 Å². The normalized spacial score (nSPS) is 14.2. The van der Waals surface area contributed by atoms with Gasteiger partial charge in [0, 0.05) is 25.2 Å². The Kier molecular flexibility index (Phi) is 6.99. The van der Waals surface area contributed by atoms with Gasteiger partial charge in [-0.3, -0.25) is 24.3 Å². The summed E-state index contributed by atoms with van der Waals surface area (Å²) in [5.74, 6) is 0.0794. The number of amides is 1. The molecule has 10 heteroatoms. The minimum absolute atomic E-state index is 0.0413. The minimum Gasteiger partial charge on any atom is -0.490 e. The van der Waals surface area contributed by atoms with Gasteiger partial charge in [0.05, 0.1) is 41.4 Å². The molecule has 1 saturated heterocycles. The molecule has 0 bridgehead atoms. The molecule has 0 unspecified atom stereocenters. The first kappa shape index (κ1) is 24.2. The molecule has 0 aliphatic carbocycles. The molecule has 2 heterocycles. The molecule has 2 aromatic carbocycles. The molecule has 3 aromatic rings. The zero-order valence-electron chi connectivity index (χ0n) is 20.0. The Labute approximate surface area is 202 Å². The van der Waals surface area contributed by atoms with Crippen LogP contribution in [0.25, 0.3) is 10.9 Å². The van der Waals surface area contributed by atoms with Crippen molar-refractivity contribution < 1.29 is 19.2 Å². The monoisotopic (exact) mass is 480 g/mol. The maximum Gasteiger partial charge on any atom is 0.286 e. The standard InChI is InChI=1S/C25H28N4O6/c1-4-34-22-13-19(21(29(32)33)14-23(22)35-5-2)24(30)27-10-8-17(9-11-27)28-15-26-20-7-6-16(3)12-18(20)25(28)31/h6-7,12-15,17H,4-5,8-11H2,1-3H3. The molecule has 0 atom stereocenters. The lowest BCUT2D eigenvalue weighted by Gasteiger charge is -2.32. The number of nitro groups is 1. The fraction of sp³-hybridized carbons (Fsp3) is 0.400. The average molecular weight is 481 g/mol. The SMILES string of the molecule is CCOc1cc(C(=O)N2CCC(n3cnc4ccc(C)cc4c3=O)CC2)c([N+](=O)[O-])cc1OCC. The molecule has 0 N–H and O–H groups in total. The highest BCUT2D eigenvalue weighted by atomic mass is 16.6. The summed E-state index contributed by atoms with van der Waals surface area (Å²) >= 11 is 0. The van der Waals surface area contributed by atoms with E-state index in [1.165, 1.54) is 12.1 Å². The first-order chi connectivity index (χ1) is 16.8. The second kappa shape index (κ2) is 10.1. The fourth-order valence-corrected chi connectivity index (χ4v) is 4.44. The summed E-state index contributed by atoms with van der Waals surface area (Å²) in [4.78, 5) is 43.5. The molecule has 1 aliphatic rings. The number of carbonyl (C=O) groups excluding carboxylic acids is 1. The molecule has 1 aromatic heterocycles. The summed E-state index contributed by atoms with van der Waals surface area (Å²) in [6, 6.07) is 8.11. The number of fused-ring (bicyclic) bond motifs is 1. The van der Waals surface area contributed by atoms with Crippen molar-refractivity contribution >= 4 is 22.5 Å². The van der Waals surface area contributed by atoms with Crippen molar-refractivity contribution in [2.24, 2.45) is 0 Å². The van der Waals surface area contributed by atoms with E-state index < -0.39 is 10.8 Å². The fourth-order valence-electron chi connectivity index (χ4n) is 4.44.